The third-order valence-corrected chi connectivity index (χ3v) is 12.0. The summed E-state index contributed by atoms with van der Waals surface area (Å²) in [6.45, 7) is 7.04. The number of aryl methyl sites for hydroxylation is 2. The summed E-state index contributed by atoms with van der Waals surface area (Å²) in [5, 5.41) is 24.2. The predicted octanol–water partition coefficient (Wildman–Crippen LogP) is 7.60. The van der Waals surface area contributed by atoms with Crippen molar-refractivity contribution in [1.82, 2.24) is 9.97 Å². The van der Waals surface area contributed by atoms with Crippen molar-refractivity contribution in [1.29, 1.82) is 0 Å². The van der Waals surface area contributed by atoms with Gasteiger partial charge in [0.1, 0.15) is 25.2 Å². The number of allylic oxidation sites excluding steroid dienone is 1. The van der Waals surface area contributed by atoms with Gasteiger partial charge in [0.2, 0.25) is 5.79 Å². The van der Waals surface area contributed by atoms with Crippen LogP contribution in [-0.4, -0.2) is 69.6 Å². The molecule has 0 spiro atoms. The Morgan fingerprint density at radius 3 is 2.62 bits per heavy atom. The number of hydrogen-bond donors (Lipinski definition) is 2. The number of pyridine rings is 2. The molecule has 0 bridgehead atoms. The number of aliphatic hydroxyl groups excluding tert-OH is 2. The number of ether oxygens (including phenoxy) is 3. The van der Waals surface area contributed by atoms with E-state index in [9.17, 15) is 10.2 Å². The van der Waals surface area contributed by atoms with E-state index >= 15 is 0 Å². The van der Waals surface area contributed by atoms with Crippen molar-refractivity contribution in [2.75, 3.05) is 32.7 Å². The Kier molecular flexibility index (Phi) is 13.4. The summed E-state index contributed by atoms with van der Waals surface area (Å²) in [6, 6.07) is 16.3. The standard InChI is InChI=1S/C42H53N3O6S/c1-4-23-50-42-39(52-24-18-30-16-19-43-20-17-30)27-37(45-48-3)35-25-31(11-5-7-21-46)34(13-6-8-22-47)40(41(35)42)36-26-33(14-15-38(36)51-42)49-28-32-12-9-10-29(2)44-32/h4,9-10,12,14-17,19-20,25-26,31,34,39-41,46-47H,1,5-8,11,13,18,21-24,27-28H2,2-3H3/t31-,34+,39-,40+,41+,42+/m0/s1. The van der Waals surface area contributed by atoms with Gasteiger partial charge >= 0.3 is 0 Å². The predicted molar refractivity (Wildman–Crippen MR) is 206 cm³/mol. The number of fused-ring (bicyclic) bond motifs is 2. The summed E-state index contributed by atoms with van der Waals surface area (Å²) >= 11 is 1.86. The fourth-order valence-corrected chi connectivity index (χ4v) is 9.79. The van der Waals surface area contributed by atoms with Gasteiger partial charge in [-0.05, 0) is 110 Å². The normalized spacial score (nSPS) is 25.4. The topological polar surface area (TPSA) is 116 Å². The van der Waals surface area contributed by atoms with Gasteiger partial charge in [0, 0.05) is 49.2 Å². The molecule has 9 nitrogen and oxygen atoms in total. The van der Waals surface area contributed by atoms with Crippen LogP contribution >= 0.6 is 11.8 Å². The molecule has 3 heterocycles. The number of benzene rings is 1. The summed E-state index contributed by atoms with van der Waals surface area (Å²) in [5.74, 6) is 1.73. The number of oxime groups is 1. The third kappa shape index (κ3) is 8.57. The Morgan fingerprint density at radius 1 is 1.06 bits per heavy atom. The molecule has 2 aliphatic carbocycles. The second kappa shape index (κ2) is 18.4. The maximum Gasteiger partial charge on any atom is 0.230 e. The molecule has 3 aliphatic rings. The van der Waals surface area contributed by atoms with Gasteiger partial charge in [0.15, 0.2) is 0 Å². The Hall–Kier alpha value is -3.70. The maximum absolute atomic E-state index is 9.85. The van der Waals surface area contributed by atoms with E-state index in [1.54, 1.807) is 13.2 Å². The third-order valence-electron chi connectivity index (χ3n) is 10.6. The number of rotatable bonds is 19. The first-order valence-corrected chi connectivity index (χ1v) is 19.7. The molecule has 1 aliphatic heterocycles. The average Bonchev–Trinajstić information content (AvgIpc) is 3.16. The number of unbranched alkanes of at least 4 members (excludes halogenated alkanes) is 2. The van der Waals surface area contributed by atoms with E-state index in [2.05, 4.69) is 46.0 Å². The molecule has 2 aromatic heterocycles. The molecular formula is C42H53N3O6S. The van der Waals surface area contributed by atoms with E-state index in [1.165, 1.54) is 5.56 Å². The van der Waals surface area contributed by atoms with Gasteiger partial charge in [-0.2, -0.15) is 11.8 Å². The fourth-order valence-electron chi connectivity index (χ4n) is 8.38. The molecule has 0 unspecified atom stereocenters. The first kappa shape index (κ1) is 38.0. The molecule has 278 valence electrons. The Balaban J connectivity index is 1.46. The second-order valence-corrected chi connectivity index (χ2v) is 15.3. The number of thioether (sulfide) groups is 1. The van der Waals surface area contributed by atoms with E-state index in [4.69, 9.17) is 19.0 Å². The number of aromatic nitrogens is 2. The van der Waals surface area contributed by atoms with Crippen LogP contribution < -0.4 is 9.47 Å². The van der Waals surface area contributed by atoms with Crippen molar-refractivity contribution < 1.29 is 29.3 Å². The van der Waals surface area contributed by atoms with Crippen LogP contribution in [0, 0.1) is 24.7 Å². The second-order valence-electron chi connectivity index (χ2n) is 14.0. The van der Waals surface area contributed by atoms with Gasteiger partial charge in [-0.25, -0.2) is 0 Å². The van der Waals surface area contributed by atoms with Crippen LogP contribution in [0.3, 0.4) is 0 Å². The number of nitrogens with zero attached hydrogens (tertiary/aromatic N) is 3. The molecule has 52 heavy (non-hydrogen) atoms. The SMILES string of the molecule is C=CCO[C@@]12Oc3ccc(OCc4cccc(C)n4)cc3[C@H]3[C@H](CCCCO)[C@@H](CCCCO)C=C(C(=NOC)C[C@@H]1SCCc1ccncc1)[C@H]32. The fraction of sp³-hybridized carbons (Fsp3) is 0.500. The zero-order chi connectivity index (χ0) is 36.3. The zero-order valence-electron chi connectivity index (χ0n) is 30.5. The monoisotopic (exact) mass is 727 g/mol. The molecule has 6 atom stereocenters. The first-order chi connectivity index (χ1) is 25.5. The van der Waals surface area contributed by atoms with E-state index < -0.39 is 5.79 Å². The Morgan fingerprint density at radius 2 is 1.87 bits per heavy atom. The van der Waals surface area contributed by atoms with Crippen molar-refractivity contribution in [3.63, 3.8) is 0 Å². The lowest BCUT2D eigenvalue weighted by Gasteiger charge is -2.58. The van der Waals surface area contributed by atoms with Crippen molar-refractivity contribution in [3.05, 3.63) is 108 Å². The van der Waals surface area contributed by atoms with E-state index in [0.717, 1.165) is 90.4 Å². The lowest BCUT2D eigenvalue weighted by atomic mass is 9.56. The Labute approximate surface area is 312 Å². The van der Waals surface area contributed by atoms with Crippen molar-refractivity contribution in [2.45, 2.75) is 81.9 Å². The van der Waals surface area contributed by atoms with E-state index in [-0.39, 0.29) is 42.1 Å². The first-order valence-electron chi connectivity index (χ1n) is 18.7. The average molecular weight is 728 g/mol. The molecule has 1 fully saturated rings. The van der Waals surface area contributed by atoms with Crippen LogP contribution in [-0.2, 0) is 22.6 Å². The lowest BCUT2D eigenvalue weighted by Crippen LogP contribution is -2.64. The minimum absolute atomic E-state index is 0.0117. The van der Waals surface area contributed by atoms with Gasteiger partial charge in [-0.15, -0.1) is 6.58 Å². The van der Waals surface area contributed by atoms with Gasteiger partial charge in [-0.3, -0.25) is 9.97 Å². The lowest BCUT2D eigenvalue weighted by molar-refractivity contribution is -0.223. The summed E-state index contributed by atoms with van der Waals surface area (Å²) in [4.78, 5) is 14.4. The molecule has 0 saturated heterocycles. The summed E-state index contributed by atoms with van der Waals surface area (Å²) < 4.78 is 20.7. The highest BCUT2D eigenvalue weighted by Gasteiger charge is 2.63. The zero-order valence-corrected chi connectivity index (χ0v) is 31.3. The van der Waals surface area contributed by atoms with Crippen LogP contribution in [0.1, 0.15) is 73.4 Å². The van der Waals surface area contributed by atoms with Gasteiger partial charge in [-0.1, -0.05) is 36.2 Å². The molecule has 6 rings (SSSR count). The molecular weight excluding hydrogens is 675 g/mol. The maximum atomic E-state index is 9.85. The van der Waals surface area contributed by atoms with Crippen LogP contribution in [0.4, 0.5) is 0 Å². The molecule has 2 N–H and O–H groups in total. The molecule has 0 amide bonds. The van der Waals surface area contributed by atoms with Crippen LogP contribution in [0.25, 0.3) is 0 Å². The summed E-state index contributed by atoms with van der Waals surface area (Å²) in [7, 11) is 1.62. The van der Waals surface area contributed by atoms with Gasteiger partial charge in [0.05, 0.1) is 29.2 Å². The number of aliphatic hydroxyl groups is 2. The van der Waals surface area contributed by atoms with Crippen LogP contribution in [0.2, 0.25) is 0 Å². The minimum Gasteiger partial charge on any atom is -0.487 e. The van der Waals surface area contributed by atoms with Gasteiger partial charge < -0.3 is 29.3 Å². The van der Waals surface area contributed by atoms with Crippen molar-refractivity contribution in [2.24, 2.45) is 22.9 Å². The Bertz CT molecular complexity index is 1690. The molecule has 10 heteroatoms. The molecule has 1 aromatic carbocycles. The van der Waals surface area contributed by atoms with Crippen molar-refractivity contribution in [3.8, 4) is 11.5 Å². The van der Waals surface area contributed by atoms with Crippen molar-refractivity contribution >= 4 is 17.5 Å². The number of hydrogen-bond acceptors (Lipinski definition) is 10. The highest BCUT2D eigenvalue weighted by atomic mass is 32.2. The largest absolute Gasteiger partial charge is 0.487 e. The van der Waals surface area contributed by atoms with E-state index in [1.807, 2.05) is 61.4 Å². The smallest absolute Gasteiger partial charge is 0.230 e. The van der Waals surface area contributed by atoms with Crippen LogP contribution in [0.15, 0.2) is 90.4 Å². The van der Waals surface area contributed by atoms with Crippen LogP contribution in [0.5, 0.6) is 11.5 Å². The summed E-state index contributed by atoms with van der Waals surface area (Å²) in [5.41, 5.74) is 6.22. The van der Waals surface area contributed by atoms with E-state index in [0.29, 0.717) is 19.6 Å². The molecule has 0 radical (unpaired) electrons. The molecule has 1 saturated carbocycles. The minimum atomic E-state index is -0.994. The summed E-state index contributed by atoms with van der Waals surface area (Å²) in [6.07, 6.45) is 14.6. The highest BCUT2D eigenvalue weighted by molar-refractivity contribution is 8.00. The quantitative estimate of drug-likeness (QED) is 0.0732. The molecule has 3 aromatic rings. The highest BCUT2D eigenvalue weighted by Crippen LogP contribution is 2.62. The van der Waals surface area contributed by atoms with Gasteiger partial charge in [0.25, 0.3) is 0 Å².